The van der Waals surface area contributed by atoms with Crippen LogP contribution >= 0.6 is 0 Å². The van der Waals surface area contributed by atoms with Crippen molar-refractivity contribution in [2.45, 2.75) is 51.3 Å². The lowest BCUT2D eigenvalue weighted by Crippen LogP contribution is -2.37. The molecule has 2 aliphatic rings. The fraction of sp³-hybridized carbons (Fsp3) is 0.846. The lowest BCUT2D eigenvalue weighted by Gasteiger charge is -2.30. The fourth-order valence-electron chi connectivity index (χ4n) is 2.41. The highest BCUT2D eigenvalue weighted by Gasteiger charge is 2.24. The van der Waals surface area contributed by atoms with Crippen LogP contribution in [0.2, 0.25) is 0 Å². The second kappa shape index (κ2) is 5.88. The molecule has 0 unspecified atom stereocenters. The molecule has 6 nitrogen and oxygen atoms in total. The lowest BCUT2D eigenvalue weighted by atomic mass is 10.1. The summed E-state index contributed by atoms with van der Waals surface area (Å²) >= 11 is 0. The summed E-state index contributed by atoms with van der Waals surface area (Å²) in [6.07, 6.45) is 5.00. The van der Waals surface area contributed by atoms with E-state index in [2.05, 4.69) is 20.4 Å². The molecule has 0 radical (unpaired) electrons. The van der Waals surface area contributed by atoms with E-state index in [9.17, 15) is 0 Å². The van der Waals surface area contributed by atoms with Crippen molar-refractivity contribution in [3.8, 4) is 0 Å². The Morgan fingerprint density at radius 3 is 2.74 bits per heavy atom. The zero-order valence-corrected chi connectivity index (χ0v) is 11.5. The maximum Gasteiger partial charge on any atom is 0.318 e. The summed E-state index contributed by atoms with van der Waals surface area (Å²) in [7, 11) is 0. The normalized spacial score (nSPS) is 21.0. The van der Waals surface area contributed by atoms with Crippen LogP contribution in [0.3, 0.4) is 0 Å². The van der Waals surface area contributed by atoms with Crippen LogP contribution in [-0.4, -0.2) is 42.0 Å². The molecule has 0 bridgehead atoms. The minimum absolute atomic E-state index is 0.389. The Labute approximate surface area is 113 Å². The molecule has 1 aromatic heterocycles. The van der Waals surface area contributed by atoms with Gasteiger partial charge in [0.15, 0.2) is 0 Å². The Hall–Kier alpha value is -1.14. The first-order chi connectivity index (χ1) is 9.35. The van der Waals surface area contributed by atoms with E-state index < -0.39 is 0 Å². The SMILES string of the molecule is CCOC1CCN(c2nnc(CNC3CC3)o2)CC1. The molecule has 6 heteroatoms. The van der Waals surface area contributed by atoms with Gasteiger partial charge in [-0.25, -0.2) is 0 Å². The third-order valence-corrected chi connectivity index (χ3v) is 3.69. The minimum Gasteiger partial charge on any atom is -0.407 e. The van der Waals surface area contributed by atoms with Gasteiger partial charge >= 0.3 is 6.01 Å². The standard InChI is InChI=1S/C13H22N4O2/c1-2-18-11-5-7-17(8-6-11)13-16-15-12(19-13)9-14-10-3-4-10/h10-11,14H,2-9H2,1H3. The molecule has 2 heterocycles. The van der Waals surface area contributed by atoms with Gasteiger partial charge in [-0.3, -0.25) is 0 Å². The van der Waals surface area contributed by atoms with Crippen molar-refractivity contribution in [3.05, 3.63) is 5.89 Å². The fourth-order valence-corrected chi connectivity index (χ4v) is 2.41. The van der Waals surface area contributed by atoms with Crippen molar-refractivity contribution in [3.63, 3.8) is 0 Å². The van der Waals surface area contributed by atoms with Crippen LogP contribution in [-0.2, 0) is 11.3 Å². The average Bonchev–Trinajstić information content (AvgIpc) is 3.15. The lowest BCUT2D eigenvalue weighted by molar-refractivity contribution is 0.0453. The molecule has 0 aromatic carbocycles. The van der Waals surface area contributed by atoms with Crippen LogP contribution in [0.1, 0.15) is 38.5 Å². The molecule has 2 fully saturated rings. The topological polar surface area (TPSA) is 63.4 Å². The Morgan fingerprint density at radius 2 is 2.05 bits per heavy atom. The van der Waals surface area contributed by atoms with Crippen LogP contribution < -0.4 is 10.2 Å². The molecule has 106 valence electrons. The first kappa shape index (κ1) is 12.9. The van der Waals surface area contributed by atoms with Crippen molar-refractivity contribution in [1.29, 1.82) is 0 Å². The van der Waals surface area contributed by atoms with E-state index in [0.29, 0.717) is 30.6 Å². The van der Waals surface area contributed by atoms with Crippen LogP contribution in [0.5, 0.6) is 0 Å². The number of ether oxygens (including phenoxy) is 1. The van der Waals surface area contributed by atoms with E-state index in [-0.39, 0.29) is 0 Å². The third kappa shape index (κ3) is 3.45. The van der Waals surface area contributed by atoms with Gasteiger partial charge in [-0.2, -0.15) is 0 Å². The van der Waals surface area contributed by atoms with Gasteiger partial charge in [0.2, 0.25) is 5.89 Å². The molecule has 0 amide bonds. The van der Waals surface area contributed by atoms with Gasteiger partial charge in [-0.1, -0.05) is 5.10 Å². The molecule has 0 atom stereocenters. The van der Waals surface area contributed by atoms with Gasteiger partial charge in [0, 0.05) is 25.7 Å². The summed E-state index contributed by atoms with van der Waals surface area (Å²) < 4.78 is 11.3. The summed E-state index contributed by atoms with van der Waals surface area (Å²) in [5.74, 6) is 0.689. The Morgan fingerprint density at radius 1 is 1.26 bits per heavy atom. The van der Waals surface area contributed by atoms with E-state index in [1.165, 1.54) is 12.8 Å². The van der Waals surface area contributed by atoms with Crippen molar-refractivity contribution >= 4 is 6.01 Å². The molecule has 1 aliphatic heterocycles. The highest BCUT2D eigenvalue weighted by atomic mass is 16.5. The van der Waals surface area contributed by atoms with Crippen LogP contribution in [0.25, 0.3) is 0 Å². The zero-order chi connectivity index (χ0) is 13.1. The van der Waals surface area contributed by atoms with Crippen molar-refractivity contribution in [1.82, 2.24) is 15.5 Å². The summed E-state index contributed by atoms with van der Waals surface area (Å²) in [4.78, 5) is 2.16. The van der Waals surface area contributed by atoms with E-state index >= 15 is 0 Å². The molecule has 1 aromatic rings. The van der Waals surface area contributed by atoms with E-state index in [0.717, 1.165) is 32.5 Å². The highest BCUT2D eigenvalue weighted by Crippen LogP contribution is 2.22. The predicted octanol–water partition coefficient (Wildman–Crippen LogP) is 1.33. The number of aromatic nitrogens is 2. The quantitative estimate of drug-likeness (QED) is 0.838. The van der Waals surface area contributed by atoms with Gasteiger partial charge in [-0.05, 0) is 32.6 Å². The van der Waals surface area contributed by atoms with E-state index in [1.54, 1.807) is 0 Å². The largest absolute Gasteiger partial charge is 0.407 e. The predicted molar refractivity (Wildman–Crippen MR) is 71.0 cm³/mol. The third-order valence-electron chi connectivity index (χ3n) is 3.69. The highest BCUT2D eigenvalue weighted by molar-refractivity contribution is 5.24. The van der Waals surface area contributed by atoms with Crippen LogP contribution in [0.15, 0.2) is 4.42 Å². The summed E-state index contributed by atoms with van der Waals surface area (Å²) in [6.45, 7) is 5.39. The molecule has 3 rings (SSSR count). The first-order valence-electron chi connectivity index (χ1n) is 7.27. The number of hydrogen-bond acceptors (Lipinski definition) is 6. The molecular weight excluding hydrogens is 244 g/mol. The number of hydrogen-bond donors (Lipinski definition) is 1. The maximum atomic E-state index is 5.70. The first-order valence-corrected chi connectivity index (χ1v) is 7.27. The molecule has 1 N–H and O–H groups in total. The van der Waals surface area contributed by atoms with Gasteiger partial charge in [-0.15, -0.1) is 5.10 Å². The second-order valence-electron chi connectivity index (χ2n) is 5.28. The van der Waals surface area contributed by atoms with E-state index in [4.69, 9.17) is 9.15 Å². The van der Waals surface area contributed by atoms with Crippen molar-refractivity contribution in [2.75, 3.05) is 24.6 Å². The molecule has 0 spiro atoms. The summed E-state index contributed by atoms with van der Waals surface area (Å²) in [5.41, 5.74) is 0. The van der Waals surface area contributed by atoms with Crippen LogP contribution in [0.4, 0.5) is 6.01 Å². The van der Waals surface area contributed by atoms with E-state index in [1.807, 2.05) is 6.92 Å². The van der Waals surface area contributed by atoms with Crippen LogP contribution in [0, 0.1) is 0 Å². The van der Waals surface area contributed by atoms with Crippen molar-refractivity contribution in [2.24, 2.45) is 0 Å². The Bertz CT molecular complexity index is 397. The van der Waals surface area contributed by atoms with Gasteiger partial charge < -0.3 is 19.4 Å². The molecular formula is C13H22N4O2. The number of rotatable bonds is 6. The average molecular weight is 266 g/mol. The number of nitrogens with one attached hydrogen (secondary N) is 1. The smallest absolute Gasteiger partial charge is 0.318 e. The monoisotopic (exact) mass is 266 g/mol. The Balaban J connectivity index is 1.48. The van der Waals surface area contributed by atoms with Gasteiger partial charge in [0.25, 0.3) is 0 Å². The number of nitrogens with zero attached hydrogens (tertiary/aromatic N) is 3. The minimum atomic E-state index is 0.389. The summed E-state index contributed by atoms with van der Waals surface area (Å²) in [5, 5.41) is 11.6. The second-order valence-corrected chi connectivity index (χ2v) is 5.28. The van der Waals surface area contributed by atoms with Gasteiger partial charge in [0.05, 0.1) is 12.6 Å². The zero-order valence-electron chi connectivity index (χ0n) is 11.5. The summed E-state index contributed by atoms with van der Waals surface area (Å²) in [6, 6.07) is 1.32. The Kier molecular flexibility index (Phi) is 3.98. The molecule has 1 saturated carbocycles. The molecule has 19 heavy (non-hydrogen) atoms. The number of piperidine rings is 1. The maximum absolute atomic E-state index is 5.70. The van der Waals surface area contributed by atoms with Crippen molar-refractivity contribution < 1.29 is 9.15 Å². The molecule has 1 saturated heterocycles. The molecule has 1 aliphatic carbocycles. The van der Waals surface area contributed by atoms with Gasteiger partial charge in [0.1, 0.15) is 0 Å². The number of anilines is 1.